The van der Waals surface area contributed by atoms with Crippen LogP contribution in [0.4, 0.5) is 0 Å². The number of ether oxygens (including phenoxy) is 2. The molecule has 11 heavy (non-hydrogen) atoms. The van der Waals surface area contributed by atoms with E-state index in [4.69, 9.17) is 9.47 Å². The molecule has 1 fully saturated rings. The molecule has 0 spiro atoms. The van der Waals surface area contributed by atoms with Crippen LogP contribution in [-0.2, 0) is 9.47 Å². The number of hydrogen-bond acceptors (Lipinski definition) is 3. The Kier molecular flexibility index (Phi) is 3.22. The summed E-state index contributed by atoms with van der Waals surface area (Å²) in [7, 11) is 0. The van der Waals surface area contributed by atoms with Crippen LogP contribution in [-0.4, -0.2) is 24.3 Å². The quantitative estimate of drug-likeness (QED) is 0.647. The molecule has 2 atom stereocenters. The molecule has 0 saturated carbocycles. The van der Waals surface area contributed by atoms with E-state index in [2.05, 4.69) is 26.5 Å². The molecule has 0 aliphatic carbocycles. The van der Waals surface area contributed by atoms with Crippen molar-refractivity contribution in [2.24, 2.45) is 0 Å². The predicted octanol–water partition coefficient (Wildman–Crippen LogP) is 1.85. The van der Waals surface area contributed by atoms with E-state index in [1.165, 1.54) is 0 Å². The summed E-state index contributed by atoms with van der Waals surface area (Å²) >= 11 is 4.48. The van der Waals surface area contributed by atoms with E-state index < -0.39 is 0 Å². The van der Waals surface area contributed by atoms with Crippen LogP contribution in [0.25, 0.3) is 0 Å². The van der Waals surface area contributed by atoms with Crippen LogP contribution < -0.4 is 0 Å². The summed E-state index contributed by atoms with van der Waals surface area (Å²) in [5.41, 5.74) is 0. The molecule has 0 aromatic carbocycles. The van der Waals surface area contributed by atoms with Gasteiger partial charge >= 0.3 is 0 Å². The second-order valence-electron chi connectivity index (χ2n) is 2.81. The Balaban J connectivity index is 2.57. The van der Waals surface area contributed by atoms with E-state index >= 15 is 0 Å². The Hall–Kier alpha value is 0.270. The Bertz CT molecular complexity index is 129. The van der Waals surface area contributed by atoms with Crippen molar-refractivity contribution in [3.63, 3.8) is 0 Å². The van der Waals surface area contributed by atoms with Gasteiger partial charge in [-0.05, 0) is 12.8 Å². The number of hydrogen-bond donors (Lipinski definition) is 1. The highest BCUT2D eigenvalue weighted by molar-refractivity contribution is 7.81. The average molecular weight is 176 g/mol. The van der Waals surface area contributed by atoms with Crippen molar-refractivity contribution in [2.75, 3.05) is 13.2 Å². The van der Waals surface area contributed by atoms with Crippen molar-refractivity contribution in [3.8, 4) is 0 Å². The third kappa shape index (κ3) is 1.89. The molecule has 1 rings (SSSR count). The summed E-state index contributed by atoms with van der Waals surface area (Å²) in [6.45, 7) is 5.55. The highest BCUT2D eigenvalue weighted by atomic mass is 32.1. The van der Waals surface area contributed by atoms with E-state index in [1.54, 1.807) is 0 Å². The molecule has 66 valence electrons. The van der Waals surface area contributed by atoms with Crippen molar-refractivity contribution in [3.05, 3.63) is 0 Å². The minimum Gasteiger partial charge on any atom is -0.372 e. The summed E-state index contributed by atoms with van der Waals surface area (Å²) in [5.74, 6) is 0. The van der Waals surface area contributed by atoms with Crippen LogP contribution in [0.2, 0.25) is 0 Å². The van der Waals surface area contributed by atoms with E-state index in [9.17, 15) is 0 Å². The van der Waals surface area contributed by atoms with Gasteiger partial charge in [-0.1, -0.05) is 13.8 Å². The highest BCUT2D eigenvalue weighted by Gasteiger charge is 2.37. The Morgan fingerprint density at radius 1 is 1.45 bits per heavy atom. The SMILES string of the molecule is CCC1OCCOC1(S)CC. The molecule has 1 aliphatic heterocycles. The van der Waals surface area contributed by atoms with Crippen LogP contribution in [0.5, 0.6) is 0 Å². The van der Waals surface area contributed by atoms with Crippen molar-refractivity contribution in [2.45, 2.75) is 37.7 Å². The third-order valence-corrected chi connectivity index (χ3v) is 2.87. The van der Waals surface area contributed by atoms with Crippen LogP contribution in [0.1, 0.15) is 26.7 Å². The lowest BCUT2D eigenvalue weighted by Crippen LogP contribution is -2.46. The number of thiol groups is 1. The van der Waals surface area contributed by atoms with Crippen molar-refractivity contribution < 1.29 is 9.47 Å². The van der Waals surface area contributed by atoms with E-state index in [0.717, 1.165) is 12.8 Å². The average Bonchev–Trinajstić information content (AvgIpc) is 2.05. The molecule has 1 aliphatic rings. The largest absolute Gasteiger partial charge is 0.372 e. The van der Waals surface area contributed by atoms with Crippen molar-refractivity contribution in [1.29, 1.82) is 0 Å². The molecule has 1 heterocycles. The van der Waals surface area contributed by atoms with Gasteiger partial charge in [-0.25, -0.2) is 0 Å². The summed E-state index contributed by atoms with van der Waals surface area (Å²) in [4.78, 5) is -0.340. The number of rotatable bonds is 2. The lowest BCUT2D eigenvalue weighted by atomic mass is 10.1. The molecule has 0 aromatic heterocycles. The van der Waals surface area contributed by atoms with Gasteiger partial charge < -0.3 is 9.47 Å². The maximum Gasteiger partial charge on any atom is 0.136 e. The first-order valence-electron chi connectivity index (χ1n) is 4.21. The minimum absolute atomic E-state index is 0.157. The second-order valence-corrected chi connectivity index (χ2v) is 3.57. The first-order valence-corrected chi connectivity index (χ1v) is 4.65. The zero-order chi connectivity index (χ0) is 8.32. The molecular weight excluding hydrogens is 160 g/mol. The Morgan fingerprint density at radius 2 is 2.18 bits per heavy atom. The van der Waals surface area contributed by atoms with Gasteiger partial charge in [0.25, 0.3) is 0 Å². The first kappa shape index (κ1) is 9.36. The van der Waals surface area contributed by atoms with Gasteiger partial charge in [-0.2, -0.15) is 0 Å². The topological polar surface area (TPSA) is 18.5 Å². The molecule has 3 heteroatoms. The molecule has 0 radical (unpaired) electrons. The molecular formula is C8H16O2S. The Labute approximate surface area is 73.7 Å². The zero-order valence-corrected chi connectivity index (χ0v) is 8.06. The predicted molar refractivity (Wildman–Crippen MR) is 48.0 cm³/mol. The van der Waals surface area contributed by atoms with Gasteiger partial charge in [0.2, 0.25) is 0 Å². The molecule has 0 N–H and O–H groups in total. The van der Waals surface area contributed by atoms with E-state index in [-0.39, 0.29) is 11.0 Å². The smallest absolute Gasteiger partial charge is 0.136 e. The maximum atomic E-state index is 5.56. The fraction of sp³-hybridized carbons (Fsp3) is 1.00. The lowest BCUT2D eigenvalue weighted by Gasteiger charge is -2.39. The van der Waals surface area contributed by atoms with Crippen LogP contribution in [0.3, 0.4) is 0 Å². The Morgan fingerprint density at radius 3 is 2.64 bits per heavy atom. The third-order valence-electron chi connectivity index (χ3n) is 2.13. The van der Waals surface area contributed by atoms with E-state index in [0.29, 0.717) is 13.2 Å². The van der Waals surface area contributed by atoms with Crippen molar-refractivity contribution >= 4 is 12.6 Å². The molecule has 2 unspecified atom stereocenters. The zero-order valence-electron chi connectivity index (χ0n) is 7.17. The molecule has 0 aromatic rings. The maximum absolute atomic E-state index is 5.56. The first-order chi connectivity index (χ1) is 5.23. The fourth-order valence-electron chi connectivity index (χ4n) is 1.40. The molecule has 0 amide bonds. The van der Waals surface area contributed by atoms with Gasteiger partial charge in [0, 0.05) is 0 Å². The molecule has 2 nitrogen and oxygen atoms in total. The van der Waals surface area contributed by atoms with Gasteiger partial charge in [0.05, 0.1) is 19.3 Å². The molecule has 1 saturated heterocycles. The lowest BCUT2D eigenvalue weighted by molar-refractivity contribution is -0.158. The monoisotopic (exact) mass is 176 g/mol. The fourth-order valence-corrected chi connectivity index (χ4v) is 1.75. The summed E-state index contributed by atoms with van der Waals surface area (Å²) < 4.78 is 11.1. The van der Waals surface area contributed by atoms with E-state index in [1.807, 2.05) is 0 Å². The van der Waals surface area contributed by atoms with Crippen LogP contribution in [0.15, 0.2) is 0 Å². The summed E-state index contributed by atoms with van der Waals surface area (Å²) in [6.07, 6.45) is 2.02. The highest BCUT2D eigenvalue weighted by Crippen LogP contribution is 2.31. The van der Waals surface area contributed by atoms with Gasteiger partial charge in [0.15, 0.2) is 0 Å². The van der Waals surface area contributed by atoms with Gasteiger partial charge in [-0.3, -0.25) is 0 Å². The van der Waals surface area contributed by atoms with Gasteiger partial charge in [-0.15, -0.1) is 12.6 Å². The normalized spacial score (nSPS) is 39.0. The van der Waals surface area contributed by atoms with Crippen molar-refractivity contribution in [1.82, 2.24) is 0 Å². The molecule has 0 bridgehead atoms. The standard InChI is InChI=1S/C8H16O2S/c1-3-7-8(11,4-2)10-6-5-9-7/h7,11H,3-6H2,1-2H3. The van der Waals surface area contributed by atoms with Crippen LogP contribution in [0, 0.1) is 0 Å². The minimum atomic E-state index is -0.340. The summed E-state index contributed by atoms with van der Waals surface area (Å²) in [6, 6.07) is 0. The second kappa shape index (κ2) is 3.78. The summed E-state index contributed by atoms with van der Waals surface area (Å²) in [5, 5.41) is 0. The van der Waals surface area contributed by atoms with Gasteiger partial charge in [0.1, 0.15) is 4.93 Å². The van der Waals surface area contributed by atoms with Crippen LogP contribution >= 0.6 is 12.6 Å².